The first-order valence-corrected chi connectivity index (χ1v) is 7.67. The van der Waals surface area contributed by atoms with E-state index in [0.29, 0.717) is 18.8 Å². The molecule has 1 heterocycles. The smallest absolute Gasteiger partial charge is 0.307 e. The average molecular weight is 283 g/mol. The second-order valence-corrected chi connectivity index (χ2v) is 6.15. The molecule has 2 rings (SSSR count). The van der Waals surface area contributed by atoms with Crippen molar-refractivity contribution < 1.29 is 19.4 Å². The van der Waals surface area contributed by atoms with E-state index >= 15 is 0 Å². The molecule has 0 aromatic heterocycles. The highest BCUT2D eigenvalue weighted by molar-refractivity contribution is 5.85. The number of carbonyl (C=O) groups is 2. The van der Waals surface area contributed by atoms with E-state index in [1.54, 1.807) is 0 Å². The molecule has 1 saturated carbocycles. The van der Waals surface area contributed by atoms with Gasteiger partial charge < -0.3 is 15.2 Å². The normalized spacial score (nSPS) is 34.9. The Labute approximate surface area is 120 Å². The molecular weight excluding hydrogens is 258 g/mol. The van der Waals surface area contributed by atoms with Crippen molar-refractivity contribution >= 4 is 11.9 Å². The summed E-state index contributed by atoms with van der Waals surface area (Å²) >= 11 is 0. The van der Waals surface area contributed by atoms with Crippen LogP contribution in [-0.4, -0.2) is 35.7 Å². The SMILES string of the molecule is CCC1C[C@H](C(=O)NC(C)C2CCCO2)[C@H](C(=O)O)C1. The number of nitrogens with one attached hydrogen (secondary N) is 1. The second-order valence-electron chi connectivity index (χ2n) is 6.15. The molecule has 3 unspecified atom stereocenters. The van der Waals surface area contributed by atoms with Crippen molar-refractivity contribution in [2.75, 3.05) is 6.61 Å². The Morgan fingerprint density at radius 1 is 1.35 bits per heavy atom. The monoisotopic (exact) mass is 283 g/mol. The standard InChI is InChI=1S/C15H25NO4/c1-3-10-7-11(12(8-10)15(18)19)14(17)16-9(2)13-5-4-6-20-13/h9-13H,3-8H2,1-2H3,(H,16,17)(H,18,19)/t9?,10?,11-,12+,13?/m0/s1. The second kappa shape index (κ2) is 6.57. The summed E-state index contributed by atoms with van der Waals surface area (Å²) in [6.45, 7) is 4.75. The van der Waals surface area contributed by atoms with E-state index < -0.39 is 11.9 Å². The first-order valence-electron chi connectivity index (χ1n) is 7.67. The van der Waals surface area contributed by atoms with Gasteiger partial charge in [0, 0.05) is 6.61 Å². The number of hydrogen-bond acceptors (Lipinski definition) is 3. The molecule has 5 heteroatoms. The molecule has 2 N–H and O–H groups in total. The molecule has 1 saturated heterocycles. The van der Waals surface area contributed by atoms with E-state index in [9.17, 15) is 14.7 Å². The molecule has 0 aromatic rings. The van der Waals surface area contributed by atoms with Crippen LogP contribution < -0.4 is 5.32 Å². The molecule has 0 aromatic carbocycles. The van der Waals surface area contributed by atoms with Gasteiger partial charge in [0.2, 0.25) is 5.91 Å². The van der Waals surface area contributed by atoms with Crippen LogP contribution >= 0.6 is 0 Å². The van der Waals surface area contributed by atoms with Crippen molar-refractivity contribution in [1.82, 2.24) is 5.32 Å². The Morgan fingerprint density at radius 2 is 2.05 bits per heavy atom. The topological polar surface area (TPSA) is 75.6 Å². The Balaban J connectivity index is 1.94. The van der Waals surface area contributed by atoms with Crippen LogP contribution in [0.15, 0.2) is 0 Å². The molecule has 0 radical (unpaired) electrons. The number of aliphatic carboxylic acids is 1. The summed E-state index contributed by atoms with van der Waals surface area (Å²) in [5.41, 5.74) is 0. The molecule has 1 aliphatic heterocycles. The van der Waals surface area contributed by atoms with Crippen LogP contribution in [0, 0.1) is 17.8 Å². The molecule has 0 spiro atoms. The quantitative estimate of drug-likeness (QED) is 0.807. The average Bonchev–Trinajstić information content (AvgIpc) is 3.07. The minimum atomic E-state index is -0.842. The summed E-state index contributed by atoms with van der Waals surface area (Å²) in [5, 5.41) is 12.3. The molecule has 5 atom stereocenters. The zero-order valence-electron chi connectivity index (χ0n) is 12.3. The fourth-order valence-electron chi connectivity index (χ4n) is 3.46. The van der Waals surface area contributed by atoms with Gasteiger partial charge in [-0.15, -0.1) is 0 Å². The minimum Gasteiger partial charge on any atom is -0.481 e. The number of carboxylic acids is 1. The fraction of sp³-hybridized carbons (Fsp3) is 0.867. The van der Waals surface area contributed by atoms with Gasteiger partial charge in [0.25, 0.3) is 0 Å². The van der Waals surface area contributed by atoms with Crippen LogP contribution in [0.25, 0.3) is 0 Å². The van der Waals surface area contributed by atoms with Gasteiger partial charge in [-0.05, 0) is 38.5 Å². The third-order valence-electron chi connectivity index (χ3n) is 4.78. The van der Waals surface area contributed by atoms with Gasteiger partial charge in [0.15, 0.2) is 0 Å². The van der Waals surface area contributed by atoms with Gasteiger partial charge >= 0.3 is 5.97 Å². The van der Waals surface area contributed by atoms with Crippen molar-refractivity contribution in [2.24, 2.45) is 17.8 Å². The van der Waals surface area contributed by atoms with Crippen molar-refractivity contribution in [2.45, 2.75) is 58.1 Å². The van der Waals surface area contributed by atoms with Gasteiger partial charge in [-0.2, -0.15) is 0 Å². The highest BCUT2D eigenvalue weighted by Crippen LogP contribution is 2.38. The molecule has 1 amide bonds. The van der Waals surface area contributed by atoms with Gasteiger partial charge in [-0.1, -0.05) is 13.3 Å². The number of hydrogen-bond donors (Lipinski definition) is 2. The highest BCUT2D eigenvalue weighted by Gasteiger charge is 2.42. The van der Waals surface area contributed by atoms with Gasteiger partial charge in [0.1, 0.15) is 0 Å². The molecular formula is C15H25NO4. The van der Waals surface area contributed by atoms with E-state index in [-0.39, 0.29) is 24.0 Å². The number of amides is 1. The maximum atomic E-state index is 12.4. The zero-order chi connectivity index (χ0) is 14.7. The summed E-state index contributed by atoms with van der Waals surface area (Å²) in [6, 6.07) is -0.0416. The maximum absolute atomic E-state index is 12.4. The lowest BCUT2D eigenvalue weighted by molar-refractivity contribution is -0.146. The van der Waals surface area contributed by atoms with Crippen LogP contribution in [0.5, 0.6) is 0 Å². The molecule has 2 aliphatic rings. The summed E-state index contributed by atoms with van der Waals surface area (Å²) in [4.78, 5) is 23.7. The highest BCUT2D eigenvalue weighted by atomic mass is 16.5. The first-order chi connectivity index (χ1) is 9.52. The lowest BCUT2D eigenvalue weighted by atomic mass is 9.95. The number of carboxylic acid groups (broad SMARTS) is 1. The summed E-state index contributed by atoms with van der Waals surface area (Å²) in [5.74, 6) is -1.52. The van der Waals surface area contributed by atoms with Gasteiger partial charge in [-0.25, -0.2) is 0 Å². The van der Waals surface area contributed by atoms with E-state index in [1.807, 2.05) is 6.92 Å². The predicted octanol–water partition coefficient (Wildman–Crippen LogP) is 1.81. The molecule has 20 heavy (non-hydrogen) atoms. The van der Waals surface area contributed by atoms with E-state index in [0.717, 1.165) is 25.9 Å². The van der Waals surface area contributed by atoms with E-state index in [2.05, 4.69) is 12.2 Å². The number of ether oxygens (including phenoxy) is 1. The molecule has 114 valence electrons. The molecule has 1 aliphatic carbocycles. The van der Waals surface area contributed by atoms with Crippen molar-refractivity contribution in [1.29, 1.82) is 0 Å². The van der Waals surface area contributed by atoms with Crippen molar-refractivity contribution in [3.05, 3.63) is 0 Å². The van der Waals surface area contributed by atoms with Gasteiger partial charge in [-0.3, -0.25) is 9.59 Å². The molecule has 2 fully saturated rings. The lowest BCUT2D eigenvalue weighted by Crippen LogP contribution is -2.45. The maximum Gasteiger partial charge on any atom is 0.307 e. The Hall–Kier alpha value is -1.10. The van der Waals surface area contributed by atoms with Crippen LogP contribution in [-0.2, 0) is 14.3 Å². The number of rotatable bonds is 5. The Kier molecular flexibility index (Phi) is 5.02. The molecule has 0 bridgehead atoms. The van der Waals surface area contributed by atoms with Crippen LogP contribution in [0.1, 0.15) is 46.0 Å². The third kappa shape index (κ3) is 3.32. The van der Waals surface area contributed by atoms with Crippen LogP contribution in [0.2, 0.25) is 0 Å². The van der Waals surface area contributed by atoms with Crippen LogP contribution in [0.3, 0.4) is 0 Å². The Bertz CT molecular complexity index is 365. The number of carbonyl (C=O) groups excluding carboxylic acids is 1. The fourth-order valence-corrected chi connectivity index (χ4v) is 3.46. The predicted molar refractivity (Wildman–Crippen MR) is 74.2 cm³/mol. The van der Waals surface area contributed by atoms with Crippen molar-refractivity contribution in [3.8, 4) is 0 Å². The molecule has 5 nitrogen and oxygen atoms in total. The first kappa shape index (κ1) is 15.3. The van der Waals surface area contributed by atoms with Gasteiger partial charge in [0.05, 0.1) is 24.0 Å². The lowest BCUT2D eigenvalue weighted by Gasteiger charge is -2.23. The van der Waals surface area contributed by atoms with E-state index in [1.165, 1.54) is 0 Å². The Morgan fingerprint density at radius 3 is 2.60 bits per heavy atom. The summed E-state index contributed by atoms with van der Waals surface area (Å²) in [7, 11) is 0. The minimum absolute atomic E-state index is 0.0416. The largest absolute Gasteiger partial charge is 0.481 e. The van der Waals surface area contributed by atoms with Crippen molar-refractivity contribution in [3.63, 3.8) is 0 Å². The summed E-state index contributed by atoms with van der Waals surface area (Å²) in [6.07, 6.45) is 4.33. The summed E-state index contributed by atoms with van der Waals surface area (Å²) < 4.78 is 5.56. The zero-order valence-corrected chi connectivity index (χ0v) is 12.3. The van der Waals surface area contributed by atoms with Crippen LogP contribution in [0.4, 0.5) is 0 Å². The third-order valence-corrected chi connectivity index (χ3v) is 4.78. The van der Waals surface area contributed by atoms with E-state index in [4.69, 9.17) is 4.74 Å².